The molecule has 4 rings (SSSR count). The maximum Gasteiger partial charge on any atom is 0.416 e. The zero-order valence-electron chi connectivity index (χ0n) is 20.5. The van der Waals surface area contributed by atoms with Crippen molar-refractivity contribution < 1.29 is 31.1 Å². The van der Waals surface area contributed by atoms with E-state index in [2.05, 4.69) is 15.4 Å². The van der Waals surface area contributed by atoms with Crippen molar-refractivity contribution in [3.05, 3.63) is 72.3 Å². The number of alkyl halides is 3. The van der Waals surface area contributed by atoms with Crippen molar-refractivity contribution in [3.8, 4) is 5.75 Å². The van der Waals surface area contributed by atoms with Crippen LogP contribution in [0.15, 0.2) is 71.6 Å². The van der Waals surface area contributed by atoms with E-state index in [0.29, 0.717) is 24.5 Å². The number of rotatable bonds is 7. The summed E-state index contributed by atoms with van der Waals surface area (Å²) in [6.45, 7) is 1.36. The molecule has 0 radical (unpaired) electrons. The van der Waals surface area contributed by atoms with E-state index in [0.717, 1.165) is 31.4 Å². The van der Waals surface area contributed by atoms with Gasteiger partial charge < -0.3 is 20.3 Å². The smallest absolute Gasteiger partial charge is 0.416 e. The fourth-order valence-electron chi connectivity index (χ4n) is 4.20. The first-order valence-electron chi connectivity index (χ1n) is 11.9. The molecule has 202 valence electrons. The number of nitrogens with one attached hydrogen (secondary N) is 3. The number of anilines is 4. The van der Waals surface area contributed by atoms with E-state index in [1.807, 2.05) is 4.90 Å². The summed E-state index contributed by atoms with van der Waals surface area (Å²) in [7, 11) is -2.70. The number of carbonyl (C=O) groups excluding carboxylic acids is 1. The number of carbonyl (C=O) groups is 1. The van der Waals surface area contributed by atoms with Crippen LogP contribution in [0, 0.1) is 0 Å². The average Bonchev–Trinajstić information content (AvgIpc) is 2.89. The fourth-order valence-corrected chi connectivity index (χ4v) is 5.52. The third-order valence-corrected chi connectivity index (χ3v) is 7.40. The minimum Gasteiger partial charge on any atom is -0.495 e. The number of urea groups is 1. The summed E-state index contributed by atoms with van der Waals surface area (Å²) in [4.78, 5) is 14.5. The number of hydrogen-bond donors (Lipinski definition) is 3. The topological polar surface area (TPSA) is 99.8 Å². The molecule has 3 aromatic rings. The van der Waals surface area contributed by atoms with Crippen LogP contribution in [0.3, 0.4) is 0 Å². The summed E-state index contributed by atoms with van der Waals surface area (Å²) in [5.41, 5.74) is -0.0863. The number of para-hydroxylation sites is 2. The number of halogens is 3. The molecule has 3 N–H and O–H groups in total. The van der Waals surface area contributed by atoms with Crippen LogP contribution >= 0.6 is 0 Å². The van der Waals surface area contributed by atoms with Gasteiger partial charge in [-0.1, -0.05) is 18.2 Å². The predicted molar refractivity (Wildman–Crippen MR) is 140 cm³/mol. The summed E-state index contributed by atoms with van der Waals surface area (Å²) in [5.74, 6) is 0.338. The minimum absolute atomic E-state index is 0.0535. The van der Waals surface area contributed by atoms with Crippen molar-refractivity contribution in [1.82, 2.24) is 0 Å². The van der Waals surface area contributed by atoms with Crippen LogP contribution in [0.1, 0.15) is 24.8 Å². The summed E-state index contributed by atoms with van der Waals surface area (Å²) in [6.07, 6.45) is -1.68. The van der Waals surface area contributed by atoms with Crippen molar-refractivity contribution in [1.29, 1.82) is 0 Å². The highest BCUT2D eigenvalue weighted by molar-refractivity contribution is 7.93. The Morgan fingerprint density at radius 2 is 1.58 bits per heavy atom. The van der Waals surface area contributed by atoms with Gasteiger partial charge in [0, 0.05) is 24.5 Å². The minimum atomic E-state index is -4.56. The van der Waals surface area contributed by atoms with E-state index in [4.69, 9.17) is 4.74 Å². The Bertz CT molecular complexity index is 1410. The van der Waals surface area contributed by atoms with Crippen molar-refractivity contribution in [3.63, 3.8) is 0 Å². The van der Waals surface area contributed by atoms with E-state index in [1.54, 1.807) is 36.4 Å². The summed E-state index contributed by atoms with van der Waals surface area (Å²) >= 11 is 0. The Labute approximate surface area is 218 Å². The molecule has 0 saturated carbocycles. The Balaban J connectivity index is 1.62. The number of amides is 2. The van der Waals surface area contributed by atoms with E-state index in [-0.39, 0.29) is 22.0 Å². The molecule has 1 aliphatic rings. The number of benzene rings is 3. The molecule has 0 unspecified atom stereocenters. The molecule has 3 aromatic carbocycles. The Hall–Kier alpha value is -3.93. The van der Waals surface area contributed by atoms with Crippen LogP contribution in [0.25, 0.3) is 0 Å². The molecule has 0 aromatic heterocycles. The van der Waals surface area contributed by atoms with Gasteiger partial charge in [0.25, 0.3) is 10.0 Å². The molecule has 1 fully saturated rings. The quantitative estimate of drug-likeness (QED) is 0.329. The van der Waals surface area contributed by atoms with Crippen LogP contribution in [0.5, 0.6) is 5.75 Å². The van der Waals surface area contributed by atoms with Gasteiger partial charge in [-0.15, -0.1) is 0 Å². The molecule has 2 amide bonds. The van der Waals surface area contributed by atoms with Gasteiger partial charge in [-0.25, -0.2) is 13.2 Å². The third kappa shape index (κ3) is 6.49. The third-order valence-electron chi connectivity index (χ3n) is 6.00. The molecule has 1 saturated heterocycles. The van der Waals surface area contributed by atoms with Crippen LogP contribution in [-0.4, -0.2) is 34.6 Å². The molecular weight excluding hydrogens is 521 g/mol. The Morgan fingerprint density at radius 1 is 0.895 bits per heavy atom. The molecular formula is C26H27F3N4O4S. The Morgan fingerprint density at radius 3 is 2.26 bits per heavy atom. The fraction of sp³-hybridized carbons (Fsp3) is 0.269. The van der Waals surface area contributed by atoms with Crippen LogP contribution in [-0.2, 0) is 16.2 Å². The van der Waals surface area contributed by atoms with Crippen molar-refractivity contribution >= 4 is 38.8 Å². The number of hydrogen-bond acceptors (Lipinski definition) is 5. The van der Waals surface area contributed by atoms with Gasteiger partial charge in [0.15, 0.2) is 0 Å². The first kappa shape index (κ1) is 27.1. The normalized spacial score (nSPS) is 14.1. The first-order valence-corrected chi connectivity index (χ1v) is 13.4. The van der Waals surface area contributed by atoms with Crippen molar-refractivity contribution in [2.24, 2.45) is 0 Å². The highest BCUT2D eigenvalue weighted by atomic mass is 32.2. The molecule has 1 heterocycles. The van der Waals surface area contributed by atoms with Gasteiger partial charge in [0.2, 0.25) is 0 Å². The molecule has 0 bridgehead atoms. The van der Waals surface area contributed by atoms with Crippen LogP contribution in [0.4, 0.5) is 40.7 Å². The van der Waals surface area contributed by atoms with Crippen molar-refractivity contribution in [2.45, 2.75) is 30.3 Å². The van der Waals surface area contributed by atoms with Crippen LogP contribution < -0.4 is 25.0 Å². The van der Waals surface area contributed by atoms with Crippen LogP contribution in [0.2, 0.25) is 0 Å². The molecule has 0 atom stereocenters. The van der Waals surface area contributed by atoms with Gasteiger partial charge in [-0.2, -0.15) is 13.2 Å². The summed E-state index contributed by atoms with van der Waals surface area (Å²) in [6, 6.07) is 14.5. The first-order chi connectivity index (χ1) is 18.1. The lowest BCUT2D eigenvalue weighted by atomic mass is 10.1. The van der Waals surface area contributed by atoms with E-state index in [1.165, 1.54) is 25.3 Å². The SMILES string of the molecule is COc1ccccc1NS(=O)(=O)c1cc(NC(=O)Nc2cccc(C(F)(F)F)c2)ccc1N1CCCCC1. The summed E-state index contributed by atoms with van der Waals surface area (Å²) < 4.78 is 74.0. The molecule has 38 heavy (non-hydrogen) atoms. The van der Waals surface area contributed by atoms with Crippen molar-refractivity contribution in [2.75, 3.05) is 40.5 Å². The van der Waals surface area contributed by atoms with Gasteiger partial charge in [0.05, 0.1) is 24.0 Å². The highest BCUT2D eigenvalue weighted by Gasteiger charge is 2.30. The Kier molecular flexibility index (Phi) is 8.00. The van der Waals surface area contributed by atoms with E-state index in [9.17, 15) is 26.4 Å². The largest absolute Gasteiger partial charge is 0.495 e. The van der Waals surface area contributed by atoms with Gasteiger partial charge in [-0.05, 0) is 67.8 Å². The van der Waals surface area contributed by atoms with Gasteiger partial charge >= 0.3 is 12.2 Å². The second-order valence-electron chi connectivity index (χ2n) is 8.69. The van der Waals surface area contributed by atoms with E-state index >= 15 is 0 Å². The molecule has 0 spiro atoms. The standard InChI is InChI=1S/C26H27F3N4O4S/c1-37-23-11-4-3-10-21(23)32-38(35,36)24-17-20(12-13-22(24)33-14-5-2-6-15-33)31-25(34)30-19-9-7-8-18(16-19)26(27,28)29/h3-4,7-13,16-17,32H,2,5-6,14-15H2,1H3,(H2,30,31,34). The molecule has 12 heteroatoms. The highest BCUT2D eigenvalue weighted by Crippen LogP contribution is 2.34. The maximum absolute atomic E-state index is 13.6. The number of sulfonamides is 1. The monoisotopic (exact) mass is 548 g/mol. The maximum atomic E-state index is 13.6. The second kappa shape index (κ2) is 11.2. The molecule has 0 aliphatic carbocycles. The summed E-state index contributed by atoms with van der Waals surface area (Å²) in [5, 5.41) is 4.86. The lowest BCUT2D eigenvalue weighted by Gasteiger charge is -2.30. The number of nitrogens with zero attached hydrogens (tertiary/aromatic N) is 1. The molecule has 8 nitrogen and oxygen atoms in total. The second-order valence-corrected chi connectivity index (χ2v) is 10.3. The zero-order valence-corrected chi connectivity index (χ0v) is 21.3. The number of ether oxygens (including phenoxy) is 1. The lowest BCUT2D eigenvalue weighted by Crippen LogP contribution is -2.31. The molecule has 1 aliphatic heterocycles. The number of piperidine rings is 1. The van der Waals surface area contributed by atoms with Gasteiger partial charge in [-0.3, -0.25) is 4.72 Å². The zero-order chi connectivity index (χ0) is 27.3. The predicted octanol–water partition coefficient (Wildman–Crippen LogP) is 6.15. The number of methoxy groups -OCH3 is 1. The van der Waals surface area contributed by atoms with Gasteiger partial charge in [0.1, 0.15) is 10.6 Å². The lowest BCUT2D eigenvalue weighted by molar-refractivity contribution is -0.137. The van der Waals surface area contributed by atoms with E-state index < -0.39 is 27.8 Å². The average molecular weight is 549 g/mol.